The average Bonchev–Trinajstić information content (AvgIpc) is 2.20. The molecule has 1 unspecified atom stereocenters. The molecular weight excluding hydrogens is 190 g/mol. The van der Waals surface area contributed by atoms with Gasteiger partial charge in [-0.25, -0.2) is 0 Å². The molecule has 4 nitrogen and oxygen atoms in total. The fourth-order valence-corrected chi connectivity index (χ4v) is 1.43. The Labute approximate surface area is 89.9 Å². The number of hydrogen-bond donors (Lipinski definition) is 2. The first-order valence-corrected chi connectivity index (χ1v) is 5.10. The number of carbonyl (C=O) groups excluding carboxylic acids is 1. The Hall–Kier alpha value is -1.42. The van der Waals surface area contributed by atoms with Gasteiger partial charge in [0.1, 0.15) is 6.04 Å². The molecule has 1 aromatic rings. The van der Waals surface area contributed by atoms with Crippen LogP contribution in [-0.2, 0) is 4.79 Å². The molecule has 0 saturated heterocycles. The number of primary amides is 1. The lowest BCUT2D eigenvalue weighted by atomic mass is 10.0. The monoisotopic (exact) mass is 207 g/mol. The number of carbonyl (C=O) groups is 1. The molecule has 0 saturated carbocycles. The van der Waals surface area contributed by atoms with E-state index in [9.17, 15) is 4.79 Å². The largest absolute Gasteiger partial charge is 0.368 e. The Morgan fingerprint density at radius 1 is 1.67 bits per heavy atom. The molecule has 1 heterocycles. The minimum Gasteiger partial charge on any atom is -0.368 e. The molecule has 1 rings (SSSR count). The van der Waals surface area contributed by atoms with Crippen LogP contribution in [0.4, 0.5) is 0 Å². The number of aromatic nitrogens is 1. The van der Waals surface area contributed by atoms with Gasteiger partial charge in [-0.15, -0.1) is 0 Å². The number of nitrogens with zero attached hydrogens (tertiary/aromatic N) is 1. The summed E-state index contributed by atoms with van der Waals surface area (Å²) in [6, 6.07) is 1.44. The molecular formula is C11H17N3O. The normalized spacial score (nSPS) is 12.4. The lowest BCUT2D eigenvalue weighted by Gasteiger charge is -2.16. The van der Waals surface area contributed by atoms with Crippen LogP contribution in [0.1, 0.15) is 30.5 Å². The molecule has 0 fully saturated rings. The van der Waals surface area contributed by atoms with Gasteiger partial charge in [0, 0.05) is 12.4 Å². The fraction of sp³-hybridized carbons (Fsp3) is 0.455. The highest BCUT2D eigenvalue weighted by molar-refractivity contribution is 5.81. The number of nitrogens with one attached hydrogen (secondary N) is 1. The minimum atomic E-state index is -0.432. The number of rotatable bonds is 5. The molecule has 1 atom stereocenters. The molecule has 15 heavy (non-hydrogen) atoms. The Morgan fingerprint density at radius 3 is 2.93 bits per heavy atom. The maximum atomic E-state index is 11.3. The standard InChI is InChI=1S/C11H17N3O/c1-3-5-14-10(11(12)15)9-7-13-6-4-8(9)2/h4,6-7,10,14H,3,5H2,1-2H3,(H2,12,15). The summed E-state index contributed by atoms with van der Waals surface area (Å²) in [5, 5.41) is 3.11. The third-order valence-electron chi connectivity index (χ3n) is 2.27. The first-order chi connectivity index (χ1) is 7.16. The van der Waals surface area contributed by atoms with Crippen molar-refractivity contribution < 1.29 is 4.79 Å². The van der Waals surface area contributed by atoms with E-state index < -0.39 is 6.04 Å². The second-order valence-electron chi connectivity index (χ2n) is 3.52. The van der Waals surface area contributed by atoms with Gasteiger partial charge in [0.05, 0.1) is 0 Å². The van der Waals surface area contributed by atoms with Crippen LogP contribution >= 0.6 is 0 Å². The number of hydrogen-bond acceptors (Lipinski definition) is 3. The Bertz CT molecular complexity index is 338. The Morgan fingerprint density at radius 2 is 2.40 bits per heavy atom. The smallest absolute Gasteiger partial charge is 0.239 e. The van der Waals surface area contributed by atoms with Gasteiger partial charge in [-0.05, 0) is 37.1 Å². The predicted molar refractivity (Wildman–Crippen MR) is 59.2 cm³/mol. The molecule has 1 amide bonds. The zero-order chi connectivity index (χ0) is 11.3. The molecule has 0 aromatic carbocycles. The van der Waals surface area contributed by atoms with E-state index in [1.807, 2.05) is 19.9 Å². The molecule has 3 N–H and O–H groups in total. The molecule has 0 radical (unpaired) electrons. The van der Waals surface area contributed by atoms with Gasteiger partial charge in [-0.2, -0.15) is 0 Å². The number of pyridine rings is 1. The Kier molecular flexibility index (Phi) is 4.24. The van der Waals surface area contributed by atoms with Gasteiger partial charge in [-0.1, -0.05) is 6.92 Å². The lowest BCUT2D eigenvalue weighted by molar-refractivity contribution is -0.120. The molecule has 82 valence electrons. The topological polar surface area (TPSA) is 68.0 Å². The highest BCUT2D eigenvalue weighted by atomic mass is 16.1. The van der Waals surface area contributed by atoms with Crippen molar-refractivity contribution in [3.8, 4) is 0 Å². The van der Waals surface area contributed by atoms with Crippen molar-refractivity contribution in [2.75, 3.05) is 6.54 Å². The zero-order valence-corrected chi connectivity index (χ0v) is 9.16. The van der Waals surface area contributed by atoms with E-state index in [0.29, 0.717) is 0 Å². The maximum absolute atomic E-state index is 11.3. The molecule has 0 spiro atoms. The van der Waals surface area contributed by atoms with Crippen molar-refractivity contribution >= 4 is 5.91 Å². The molecule has 1 aromatic heterocycles. The van der Waals surface area contributed by atoms with Crippen molar-refractivity contribution in [3.05, 3.63) is 29.6 Å². The first-order valence-electron chi connectivity index (χ1n) is 5.10. The first kappa shape index (κ1) is 11.7. The van der Waals surface area contributed by atoms with E-state index in [4.69, 9.17) is 5.73 Å². The van der Waals surface area contributed by atoms with Crippen LogP contribution < -0.4 is 11.1 Å². The SMILES string of the molecule is CCCNC(C(N)=O)c1cnccc1C. The van der Waals surface area contributed by atoms with Crippen molar-refractivity contribution in [2.24, 2.45) is 5.73 Å². The van der Waals surface area contributed by atoms with Crippen LogP contribution in [-0.4, -0.2) is 17.4 Å². The number of aryl methyl sites for hydroxylation is 1. The van der Waals surface area contributed by atoms with Crippen LogP contribution in [0, 0.1) is 6.92 Å². The minimum absolute atomic E-state index is 0.362. The van der Waals surface area contributed by atoms with E-state index >= 15 is 0 Å². The van der Waals surface area contributed by atoms with Gasteiger partial charge in [0.15, 0.2) is 0 Å². The summed E-state index contributed by atoms with van der Waals surface area (Å²) in [6.45, 7) is 4.75. The molecule has 4 heteroatoms. The lowest BCUT2D eigenvalue weighted by Crippen LogP contribution is -2.34. The summed E-state index contributed by atoms with van der Waals surface area (Å²) in [5.41, 5.74) is 7.23. The number of nitrogens with two attached hydrogens (primary N) is 1. The van der Waals surface area contributed by atoms with E-state index in [-0.39, 0.29) is 5.91 Å². The average molecular weight is 207 g/mol. The van der Waals surface area contributed by atoms with Gasteiger partial charge < -0.3 is 11.1 Å². The van der Waals surface area contributed by atoms with Gasteiger partial charge >= 0.3 is 0 Å². The van der Waals surface area contributed by atoms with Gasteiger partial charge in [0.25, 0.3) is 0 Å². The van der Waals surface area contributed by atoms with Crippen LogP contribution in [0.5, 0.6) is 0 Å². The van der Waals surface area contributed by atoms with Crippen molar-refractivity contribution in [2.45, 2.75) is 26.3 Å². The van der Waals surface area contributed by atoms with Crippen LogP contribution in [0.15, 0.2) is 18.5 Å². The fourth-order valence-electron chi connectivity index (χ4n) is 1.43. The van der Waals surface area contributed by atoms with Crippen molar-refractivity contribution in [1.29, 1.82) is 0 Å². The third kappa shape index (κ3) is 3.02. The quantitative estimate of drug-likeness (QED) is 0.754. The summed E-state index contributed by atoms with van der Waals surface area (Å²) in [5.74, 6) is -0.362. The van der Waals surface area contributed by atoms with E-state index in [2.05, 4.69) is 10.3 Å². The maximum Gasteiger partial charge on any atom is 0.239 e. The highest BCUT2D eigenvalue weighted by Crippen LogP contribution is 2.15. The zero-order valence-electron chi connectivity index (χ0n) is 9.16. The highest BCUT2D eigenvalue weighted by Gasteiger charge is 2.18. The molecule has 0 aliphatic rings. The van der Waals surface area contributed by atoms with E-state index in [1.165, 1.54) is 0 Å². The molecule has 0 bridgehead atoms. The second-order valence-corrected chi connectivity index (χ2v) is 3.52. The van der Waals surface area contributed by atoms with Crippen LogP contribution in [0.3, 0.4) is 0 Å². The predicted octanol–water partition coefficient (Wildman–Crippen LogP) is 0.916. The summed E-state index contributed by atoms with van der Waals surface area (Å²) in [4.78, 5) is 15.3. The Balaban J connectivity index is 2.89. The summed E-state index contributed by atoms with van der Waals surface area (Å²) in [6.07, 6.45) is 4.35. The summed E-state index contributed by atoms with van der Waals surface area (Å²) < 4.78 is 0. The molecule has 0 aliphatic carbocycles. The van der Waals surface area contributed by atoms with E-state index in [1.54, 1.807) is 12.4 Å². The van der Waals surface area contributed by atoms with Crippen molar-refractivity contribution in [1.82, 2.24) is 10.3 Å². The van der Waals surface area contributed by atoms with Crippen LogP contribution in [0.25, 0.3) is 0 Å². The van der Waals surface area contributed by atoms with E-state index in [0.717, 1.165) is 24.1 Å². The summed E-state index contributed by atoms with van der Waals surface area (Å²) >= 11 is 0. The molecule has 0 aliphatic heterocycles. The third-order valence-corrected chi connectivity index (χ3v) is 2.27. The van der Waals surface area contributed by atoms with Crippen molar-refractivity contribution in [3.63, 3.8) is 0 Å². The second kappa shape index (κ2) is 5.46. The van der Waals surface area contributed by atoms with Gasteiger partial charge in [-0.3, -0.25) is 9.78 Å². The number of amides is 1. The van der Waals surface area contributed by atoms with Gasteiger partial charge in [0.2, 0.25) is 5.91 Å². The summed E-state index contributed by atoms with van der Waals surface area (Å²) in [7, 11) is 0. The van der Waals surface area contributed by atoms with Crippen LogP contribution in [0.2, 0.25) is 0 Å².